The number of amides is 1. The van der Waals surface area contributed by atoms with E-state index in [-0.39, 0.29) is 6.04 Å². The number of ether oxygens (including phenoxy) is 1. The molecule has 4 heterocycles. The number of anilines is 1. The van der Waals surface area contributed by atoms with Crippen molar-refractivity contribution in [3.8, 4) is 11.1 Å². The topological polar surface area (TPSA) is 88.2 Å². The van der Waals surface area contributed by atoms with Crippen molar-refractivity contribution < 1.29 is 19.1 Å². The van der Waals surface area contributed by atoms with Crippen LogP contribution in [0.2, 0.25) is 0 Å². The van der Waals surface area contributed by atoms with Gasteiger partial charge >= 0.3 is 11.8 Å². The van der Waals surface area contributed by atoms with E-state index < -0.39 is 11.8 Å². The zero-order chi connectivity index (χ0) is 29.1. The fourth-order valence-corrected chi connectivity index (χ4v) is 6.33. The second kappa shape index (κ2) is 12.1. The second-order valence-electron chi connectivity index (χ2n) is 11.0. The average molecular weight is 566 g/mol. The van der Waals surface area contributed by atoms with E-state index in [1.54, 1.807) is 28.9 Å². The highest BCUT2D eigenvalue weighted by Gasteiger charge is 2.40. The van der Waals surface area contributed by atoms with Gasteiger partial charge in [0.1, 0.15) is 0 Å². The van der Waals surface area contributed by atoms with Gasteiger partial charge in [-0.15, -0.1) is 0 Å². The second-order valence-corrected chi connectivity index (χ2v) is 11.0. The van der Waals surface area contributed by atoms with Crippen LogP contribution in [-0.2, 0) is 11.3 Å². The Bertz CT molecular complexity index is 1680. The van der Waals surface area contributed by atoms with Crippen LogP contribution < -0.4 is 10.7 Å². The van der Waals surface area contributed by atoms with Gasteiger partial charge in [-0.3, -0.25) is 9.47 Å². The number of rotatable bonds is 9. The summed E-state index contributed by atoms with van der Waals surface area (Å²) in [7, 11) is 1.58. The Hall–Kier alpha value is -4.56. The van der Waals surface area contributed by atoms with Crippen molar-refractivity contribution >= 4 is 35.0 Å². The Balaban J connectivity index is 1.26. The van der Waals surface area contributed by atoms with Crippen LogP contribution in [0.1, 0.15) is 30.4 Å². The van der Waals surface area contributed by atoms with Gasteiger partial charge in [0.2, 0.25) is 0 Å². The molecule has 3 saturated heterocycles. The lowest BCUT2D eigenvalue weighted by atomic mass is 9.82. The van der Waals surface area contributed by atoms with Crippen molar-refractivity contribution in [2.24, 2.45) is 5.92 Å². The normalized spacial score (nSPS) is 20.1. The van der Waals surface area contributed by atoms with E-state index >= 15 is 0 Å². The summed E-state index contributed by atoms with van der Waals surface area (Å²) >= 11 is 0. The Kier molecular flexibility index (Phi) is 7.97. The van der Waals surface area contributed by atoms with Gasteiger partial charge in [-0.25, -0.2) is 9.59 Å². The number of hydrogen-bond acceptors (Lipinski definition) is 5. The summed E-state index contributed by atoms with van der Waals surface area (Å²) in [4.78, 5) is 29.4. The lowest BCUT2D eigenvalue weighted by molar-refractivity contribution is 0.0838. The fourth-order valence-electron chi connectivity index (χ4n) is 6.33. The maximum absolute atomic E-state index is 12.8. The Morgan fingerprint density at radius 2 is 1.81 bits per heavy atom. The molecule has 4 aromatic rings. The van der Waals surface area contributed by atoms with Gasteiger partial charge in [0.05, 0.1) is 30.6 Å². The molecule has 8 heteroatoms. The van der Waals surface area contributed by atoms with Crippen LogP contribution >= 0.6 is 0 Å². The van der Waals surface area contributed by atoms with E-state index in [0.717, 1.165) is 60.2 Å². The number of carboxylic acid groups (broad SMARTS) is 1. The third-order valence-corrected chi connectivity index (χ3v) is 8.44. The molecule has 3 fully saturated rings. The summed E-state index contributed by atoms with van der Waals surface area (Å²) < 4.78 is 12.1. The Morgan fingerprint density at radius 1 is 1.05 bits per heavy atom. The molecule has 0 spiro atoms. The number of fused-ring (bicyclic) bond motifs is 4. The first-order valence-corrected chi connectivity index (χ1v) is 14.4. The minimum absolute atomic E-state index is 0.0709. The van der Waals surface area contributed by atoms with Crippen LogP contribution in [0.5, 0.6) is 0 Å². The Labute approximate surface area is 244 Å². The third-order valence-electron chi connectivity index (χ3n) is 8.44. The van der Waals surface area contributed by atoms with Crippen molar-refractivity contribution in [2.45, 2.75) is 31.8 Å². The first-order valence-electron chi connectivity index (χ1n) is 14.4. The standard InChI is InChI=1S/C34H35N3O5/c1-41-20-16-25-11-13-29-32(22-25)42-34(40)36(29)17-6-5-7-24-10-12-28(26-8-3-2-4-9-26)30(21-24)37(33(38)39)31-23-35-18-14-27(31)15-19-35/h2-5,7-13,16,20-22,27,31H,6,14-15,17-19,23H2,1H3,(H,38,39)/t31-/m0/s1. The number of hydrogen-bond donors (Lipinski definition) is 1. The number of allylic oxidation sites excluding steroid dienone is 1. The lowest BCUT2D eigenvalue weighted by Gasteiger charge is -2.48. The number of carbonyl (C=O) groups is 1. The quantitative estimate of drug-likeness (QED) is 0.231. The molecule has 3 aromatic carbocycles. The number of piperidine rings is 3. The van der Waals surface area contributed by atoms with E-state index in [9.17, 15) is 14.7 Å². The van der Waals surface area contributed by atoms with Gasteiger partial charge < -0.3 is 19.2 Å². The third kappa shape index (κ3) is 5.63. The van der Waals surface area contributed by atoms with Crippen molar-refractivity contribution in [3.05, 3.63) is 101 Å². The summed E-state index contributed by atoms with van der Waals surface area (Å²) in [5.74, 6) is -0.0283. The van der Waals surface area contributed by atoms with Crippen molar-refractivity contribution in [1.29, 1.82) is 0 Å². The number of nitrogens with zero attached hydrogens (tertiary/aromatic N) is 3. The SMILES string of the molecule is COC=Cc1ccc2c(c1)oc(=O)n2CCC=Cc1ccc(-c2ccccc2)c(N(C(=O)O)[C@H]2CN3CCC2CC3)c1. The minimum Gasteiger partial charge on any atom is -0.504 e. The maximum Gasteiger partial charge on any atom is 0.419 e. The van der Waals surface area contributed by atoms with Crippen molar-refractivity contribution in [3.63, 3.8) is 0 Å². The summed E-state index contributed by atoms with van der Waals surface area (Å²) in [5.41, 5.74) is 5.68. The zero-order valence-corrected chi connectivity index (χ0v) is 23.7. The number of oxazole rings is 1. The first kappa shape index (κ1) is 27.6. The van der Waals surface area contributed by atoms with Crippen LogP contribution in [0.15, 0.2) is 88.3 Å². The van der Waals surface area contributed by atoms with Crippen LogP contribution in [0.4, 0.5) is 10.5 Å². The molecule has 1 atom stereocenters. The molecule has 0 aliphatic carbocycles. The first-order chi connectivity index (χ1) is 20.5. The average Bonchev–Trinajstić information content (AvgIpc) is 3.33. The molecule has 8 nitrogen and oxygen atoms in total. The van der Waals surface area contributed by atoms with Gasteiger partial charge in [-0.2, -0.15) is 0 Å². The number of benzene rings is 3. The molecule has 7 rings (SSSR count). The molecule has 3 aliphatic heterocycles. The van der Waals surface area contributed by atoms with E-state index in [1.165, 1.54) is 0 Å². The fraction of sp³-hybridized carbons (Fsp3) is 0.294. The molecule has 216 valence electrons. The van der Waals surface area contributed by atoms with E-state index in [0.29, 0.717) is 30.2 Å². The predicted molar refractivity (Wildman–Crippen MR) is 166 cm³/mol. The number of methoxy groups -OCH3 is 1. The molecule has 1 N–H and O–H groups in total. The summed E-state index contributed by atoms with van der Waals surface area (Å²) in [5, 5.41) is 10.5. The molecule has 0 unspecified atom stereocenters. The van der Waals surface area contributed by atoms with Crippen LogP contribution in [0.25, 0.3) is 34.4 Å². The van der Waals surface area contributed by atoms with Gasteiger partial charge in [0, 0.05) is 18.7 Å². The maximum atomic E-state index is 12.8. The van der Waals surface area contributed by atoms with Crippen LogP contribution in [-0.4, -0.2) is 53.5 Å². The summed E-state index contributed by atoms with van der Waals surface area (Å²) in [6, 6.07) is 21.5. The zero-order valence-electron chi connectivity index (χ0n) is 23.7. The molecule has 2 bridgehead atoms. The molecular weight excluding hydrogens is 530 g/mol. The highest BCUT2D eigenvalue weighted by Crippen LogP contribution is 2.39. The number of aromatic nitrogens is 1. The van der Waals surface area contributed by atoms with Gasteiger partial charge in [0.15, 0.2) is 5.58 Å². The summed E-state index contributed by atoms with van der Waals surface area (Å²) in [6.07, 6.45) is 9.14. The van der Waals surface area contributed by atoms with Crippen LogP contribution in [0, 0.1) is 5.92 Å². The van der Waals surface area contributed by atoms with Crippen LogP contribution in [0.3, 0.4) is 0 Å². The molecule has 0 saturated carbocycles. The highest BCUT2D eigenvalue weighted by molar-refractivity contribution is 5.94. The largest absolute Gasteiger partial charge is 0.504 e. The number of aryl methyl sites for hydroxylation is 1. The van der Waals surface area contributed by atoms with E-state index in [2.05, 4.69) is 4.90 Å². The Morgan fingerprint density at radius 3 is 2.52 bits per heavy atom. The van der Waals surface area contributed by atoms with Gasteiger partial charge in [-0.1, -0.05) is 60.7 Å². The molecular formula is C34H35N3O5. The molecule has 0 radical (unpaired) electrons. The highest BCUT2D eigenvalue weighted by atomic mass is 16.5. The van der Waals surface area contributed by atoms with Crippen molar-refractivity contribution in [2.75, 3.05) is 31.6 Å². The van der Waals surface area contributed by atoms with Gasteiger partial charge in [0.25, 0.3) is 0 Å². The molecule has 1 aromatic heterocycles. The molecule has 1 amide bonds. The molecule has 42 heavy (non-hydrogen) atoms. The predicted octanol–water partition coefficient (Wildman–Crippen LogP) is 6.56. The van der Waals surface area contributed by atoms with Gasteiger partial charge in [-0.05, 0) is 79.2 Å². The van der Waals surface area contributed by atoms with Crippen molar-refractivity contribution in [1.82, 2.24) is 9.47 Å². The lowest BCUT2D eigenvalue weighted by Crippen LogP contribution is -2.59. The van der Waals surface area contributed by atoms with E-state index in [4.69, 9.17) is 9.15 Å². The molecule has 3 aliphatic rings. The smallest absolute Gasteiger partial charge is 0.419 e. The minimum atomic E-state index is -0.917. The summed E-state index contributed by atoms with van der Waals surface area (Å²) in [6.45, 7) is 3.32. The van der Waals surface area contributed by atoms with E-state index in [1.807, 2.05) is 78.9 Å². The monoisotopic (exact) mass is 565 g/mol.